The van der Waals surface area contributed by atoms with E-state index in [0.29, 0.717) is 24.0 Å². The number of hydrogen-bond donors (Lipinski definition) is 2. The molecule has 120 valence electrons. The van der Waals surface area contributed by atoms with Gasteiger partial charge in [0.1, 0.15) is 5.78 Å². The number of nitrogens with two attached hydrogens (primary N) is 1. The van der Waals surface area contributed by atoms with Crippen molar-refractivity contribution in [2.75, 3.05) is 0 Å². The van der Waals surface area contributed by atoms with Crippen LogP contribution in [0.15, 0.2) is 23.8 Å². The number of fused-ring (bicyclic) bond motifs is 5. The topological polar surface area (TPSA) is 63.3 Å². The Morgan fingerprint density at radius 2 is 2.05 bits per heavy atom. The zero-order valence-corrected chi connectivity index (χ0v) is 13.6. The van der Waals surface area contributed by atoms with Gasteiger partial charge in [-0.05, 0) is 43.4 Å². The van der Waals surface area contributed by atoms with Gasteiger partial charge in [-0.1, -0.05) is 37.6 Å². The van der Waals surface area contributed by atoms with Crippen LogP contribution in [0.4, 0.5) is 0 Å². The first-order chi connectivity index (χ1) is 10.4. The van der Waals surface area contributed by atoms with Crippen molar-refractivity contribution in [1.29, 1.82) is 0 Å². The Morgan fingerprint density at radius 1 is 1.27 bits per heavy atom. The minimum atomic E-state index is -0.415. The highest BCUT2D eigenvalue weighted by atomic mass is 16.3. The summed E-state index contributed by atoms with van der Waals surface area (Å²) >= 11 is 0. The van der Waals surface area contributed by atoms with Gasteiger partial charge in [0.05, 0.1) is 6.10 Å². The van der Waals surface area contributed by atoms with E-state index in [1.807, 2.05) is 0 Å². The van der Waals surface area contributed by atoms with Crippen molar-refractivity contribution in [3.63, 3.8) is 0 Å². The second-order valence-corrected chi connectivity index (χ2v) is 8.40. The van der Waals surface area contributed by atoms with Gasteiger partial charge >= 0.3 is 0 Å². The summed E-state index contributed by atoms with van der Waals surface area (Å²) in [5.41, 5.74) is 7.22. The predicted octanol–water partition coefficient (Wildman–Crippen LogP) is 2.59. The van der Waals surface area contributed by atoms with Gasteiger partial charge in [0, 0.05) is 23.3 Å². The van der Waals surface area contributed by atoms with Crippen molar-refractivity contribution in [2.45, 2.75) is 58.1 Å². The van der Waals surface area contributed by atoms with Gasteiger partial charge in [-0.25, -0.2) is 0 Å². The number of carbonyl (C=O) groups is 1. The third-order valence-corrected chi connectivity index (χ3v) is 7.42. The van der Waals surface area contributed by atoms with Crippen molar-refractivity contribution in [1.82, 2.24) is 0 Å². The molecular formula is C19H27NO2. The monoisotopic (exact) mass is 301 g/mol. The van der Waals surface area contributed by atoms with E-state index in [0.717, 1.165) is 25.7 Å². The van der Waals surface area contributed by atoms with Crippen LogP contribution in [0.25, 0.3) is 0 Å². The summed E-state index contributed by atoms with van der Waals surface area (Å²) in [6, 6.07) is 0.0741. The Balaban J connectivity index is 1.78. The molecule has 0 bridgehead atoms. The first-order valence-electron chi connectivity index (χ1n) is 8.74. The van der Waals surface area contributed by atoms with Crippen molar-refractivity contribution < 1.29 is 9.90 Å². The fourth-order valence-electron chi connectivity index (χ4n) is 6.04. The molecule has 0 aromatic carbocycles. The molecule has 3 nitrogen and oxygen atoms in total. The summed E-state index contributed by atoms with van der Waals surface area (Å²) in [6.07, 6.45) is 10.6. The van der Waals surface area contributed by atoms with E-state index in [4.69, 9.17) is 5.73 Å². The highest BCUT2D eigenvalue weighted by molar-refractivity contribution is 5.87. The summed E-state index contributed by atoms with van der Waals surface area (Å²) in [6.45, 7) is 4.45. The molecule has 22 heavy (non-hydrogen) atoms. The average molecular weight is 301 g/mol. The maximum atomic E-state index is 12.4. The molecule has 0 heterocycles. The first-order valence-corrected chi connectivity index (χ1v) is 8.74. The number of Topliss-reactive ketones (excluding diaryl/α,β-unsaturated/α-hetero) is 1. The lowest BCUT2D eigenvalue weighted by molar-refractivity contribution is -0.133. The van der Waals surface area contributed by atoms with E-state index < -0.39 is 6.10 Å². The van der Waals surface area contributed by atoms with Crippen LogP contribution in [0.5, 0.6) is 0 Å². The van der Waals surface area contributed by atoms with Crippen LogP contribution < -0.4 is 5.73 Å². The van der Waals surface area contributed by atoms with Crippen LogP contribution in [0.3, 0.4) is 0 Å². The summed E-state index contributed by atoms with van der Waals surface area (Å²) < 4.78 is 0. The number of hydrogen-bond acceptors (Lipinski definition) is 3. The molecule has 3 N–H and O–H groups in total. The third kappa shape index (κ3) is 1.73. The summed E-state index contributed by atoms with van der Waals surface area (Å²) in [4.78, 5) is 12.4. The summed E-state index contributed by atoms with van der Waals surface area (Å²) in [7, 11) is 0. The fourth-order valence-corrected chi connectivity index (χ4v) is 6.04. The zero-order chi connectivity index (χ0) is 15.7. The minimum Gasteiger partial charge on any atom is -0.389 e. The van der Waals surface area contributed by atoms with Crippen LogP contribution in [0, 0.1) is 28.6 Å². The number of ketones is 1. The Labute approximate surface area is 132 Å². The van der Waals surface area contributed by atoms with E-state index in [-0.39, 0.29) is 22.8 Å². The van der Waals surface area contributed by atoms with Crippen molar-refractivity contribution >= 4 is 5.78 Å². The van der Waals surface area contributed by atoms with Crippen LogP contribution in [0.1, 0.15) is 46.0 Å². The lowest BCUT2D eigenvalue weighted by atomic mass is 9.48. The van der Waals surface area contributed by atoms with Gasteiger partial charge in [0.2, 0.25) is 0 Å². The lowest BCUT2D eigenvalue weighted by Crippen LogP contribution is -2.54. The second kappa shape index (κ2) is 4.55. The molecule has 3 heteroatoms. The largest absolute Gasteiger partial charge is 0.389 e. The SMILES string of the molecule is C[C@]12C=CC(N)CC1=CC(O)[C@@H]1[C@H]2CC[C@]2(C)C(=O)CC[C@@H]12. The molecule has 0 aliphatic heterocycles. The van der Waals surface area contributed by atoms with E-state index in [9.17, 15) is 9.90 Å². The number of allylic oxidation sites excluding steroid dienone is 1. The number of aliphatic hydroxyl groups is 1. The van der Waals surface area contributed by atoms with Crippen LogP contribution in [-0.2, 0) is 4.79 Å². The van der Waals surface area contributed by atoms with E-state index in [2.05, 4.69) is 32.1 Å². The molecular weight excluding hydrogens is 274 g/mol. The number of rotatable bonds is 0. The summed E-state index contributed by atoms with van der Waals surface area (Å²) in [5.74, 6) is 1.42. The Kier molecular flexibility index (Phi) is 3.03. The number of carbonyl (C=O) groups excluding carboxylic acids is 1. The van der Waals surface area contributed by atoms with Gasteiger partial charge in [0.15, 0.2) is 0 Å². The number of aliphatic hydroxyl groups excluding tert-OH is 1. The van der Waals surface area contributed by atoms with Crippen molar-refractivity contribution in [3.8, 4) is 0 Å². The highest BCUT2D eigenvalue weighted by Gasteiger charge is 2.60. The lowest BCUT2D eigenvalue weighted by Gasteiger charge is -2.56. The summed E-state index contributed by atoms with van der Waals surface area (Å²) in [5, 5.41) is 10.8. The van der Waals surface area contributed by atoms with Gasteiger partial charge in [-0.15, -0.1) is 0 Å². The maximum absolute atomic E-state index is 12.4. The standard InChI is InChI=1S/C19H27NO2/c1-18-7-5-12(20)9-11(18)10-15(21)17-13-3-4-16(22)19(13,2)8-6-14(17)18/h5,7,10,12-15,17,21H,3-4,6,8-9,20H2,1-2H3/t12?,13-,14+,15?,17-,18-,19-/m0/s1. The van der Waals surface area contributed by atoms with Crippen LogP contribution >= 0.6 is 0 Å². The molecule has 0 aromatic heterocycles. The minimum absolute atomic E-state index is 0.0206. The molecule has 0 amide bonds. The fraction of sp³-hybridized carbons (Fsp3) is 0.737. The Bertz CT molecular complexity index is 580. The Hall–Kier alpha value is -0.930. The maximum Gasteiger partial charge on any atom is 0.139 e. The molecule has 0 radical (unpaired) electrons. The molecule has 2 unspecified atom stereocenters. The second-order valence-electron chi connectivity index (χ2n) is 8.40. The van der Waals surface area contributed by atoms with Crippen molar-refractivity contribution in [2.24, 2.45) is 34.3 Å². The van der Waals surface area contributed by atoms with E-state index >= 15 is 0 Å². The first kappa shape index (κ1) is 14.6. The van der Waals surface area contributed by atoms with Crippen LogP contribution in [0.2, 0.25) is 0 Å². The van der Waals surface area contributed by atoms with Gasteiger partial charge < -0.3 is 10.8 Å². The highest BCUT2D eigenvalue weighted by Crippen LogP contribution is 2.62. The molecule has 4 aliphatic rings. The quantitative estimate of drug-likeness (QED) is 0.676. The van der Waals surface area contributed by atoms with Gasteiger partial charge in [-0.2, -0.15) is 0 Å². The zero-order valence-electron chi connectivity index (χ0n) is 13.6. The molecule has 0 spiro atoms. The molecule has 2 saturated carbocycles. The van der Waals surface area contributed by atoms with Crippen LogP contribution in [-0.4, -0.2) is 23.0 Å². The molecule has 7 atom stereocenters. The molecule has 4 rings (SSSR count). The third-order valence-electron chi connectivity index (χ3n) is 7.42. The predicted molar refractivity (Wildman–Crippen MR) is 86.0 cm³/mol. The van der Waals surface area contributed by atoms with Gasteiger partial charge in [-0.3, -0.25) is 4.79 Å². The molecule has 2 fully saturated rings. The smallest absolute Gasteiger partial charge is 0.139 e. The Morgan fingerprint density at radius 3 is 2.82 bits per heavy atom. The van der Waals surface area contributed by atoms with E-state index in [1.54, 1.807) is 0 Å². The van der Waals surface area contributed by atoms with E-state index in [1.165, 1.54) is 5.57 Å². The normalized spacial score (nSPS) is 53.5. The molecule has 0 saturated heterocycles. The molecule has 4 aliphatic carbocycles. The molecule has 0 aromatic rings. The van der Waals surface area contributed by atoms with Crippen molar-refractivity contribution in [3.05, 3.63) is 23.8 Å². The van der Waals surface area contributed by atoms with Gasteiger partial charge in [0.25, 0.3) is 0 Å². The average Bonchev–Trinajstić information content (AvgIpc) is 2.77.